The summed E-state index contributed by atoms with van der Waals surface area (Å²) in [5.41, 5.74) is 0.886. The maximum Gasteiger partial charge on any atom is 0.264 e. The predicted molar refractivity (Wildman–Crippen MR) is 107 cm³/mol. The summed E-state index contributed by atoms with van der Waals surface area (Å²) in [4.78, 5) is 12.3. The van der Waals surface area contributed by atoms with Crippen molar-refractivity contribution < 1.29 is 13.2 Å². The monoisotopic (exact) mass is 397 g/mol. The summed E-state index contributed by atoms with van der Waals surface area (Å²) in [6, 6.07) is 14.9. The van der Waals surface area contributed by atoms with Gasteiger partial charge in [0, 0.05) is 19.2 Å². The van der Waals surface area contributed by atoms with E-state index < -0.39 is 10.0 Å². The quantitative estimate of drug-likeness (QED) is 0.670. The summed E-state index contributed by atoms with van der Waals surface area (Å²) in [5.74, 6) is -0.282. The van der Waals surface area contributed by atoms with E-state index in [1.165, 1.54) is 23.5 Å². The number of amides is 1. The molecular formula is C18H24ClN3O3S. The van der Waals surface area contributed by atoms with Crippen LogP contribution in [0.1, 0.15) is 16.8 Å². The SMILES string of the molecule is CNCCCNC(=O)c1cccc(S(=O)(=O)N(C)c2ccccc2)c1.Cl. The van der Waals surface area contributed by atoms with Crippen molar-refractivity contribution in [1.29, 1.82) is 0 Å². The van der Waals surface area contributed by atoms with E-state index in [0.29, 0.717) is 17.8 Å². The molecule has 26 heavy (non-hydrogen) atoms. The highest BCUT2D eigenvalue weighted by Crippen LogP contribution is 2.22. The number of nitrogens with zero attached hydrogens (tertiary/aromatic N) is 1. The van der Waals surface area contributed by atoms with Crippen LogP contribution in [0.2, 0.25) is 0 Å². The van der Waals surface area contributed by atoms with Gasteiger partial charge in [0.05, 0.1) is 10.6 Å². The third-order valence-electron chi connectivity index (χ3n) is 3.76. The Bertz CT molecular complexity index is 813. The van der Waals surface area contributed by atoms with Crippen molar-refractivity contribution in [2.24, 2.45) is 0 Å². The Morgan fingerprint density at radius 1 is 1.04 bits per heavy atom. The zero-order valence-electron chi connectivity index (χ0n) is 14.8. The van der Waals surface area contributed by atoms with E-state index in [2.05, 4.69) is 10.6 Å². The molecule has 2 N–H and O–H groups in total. The highest BCUT2D eigenvalue weighted by molar-refractivity contribution is 7.92. The molecule has 0 unspecified atom stereocenters. The average molecular weight is 398 g/mol. The lowest BCUT2D eigenvalue weighted by Gasteiger charge is -2.19. The number of rotatable bonds is 8. The molecule has 2 aromatic rings. The molecule has 0 saturated heterocycles. The van der Waals surface area contributed by atoms with Crippen molar-refractivity contribution in [3.8, 4) is 0 Å². The summed E-state index contributed by atoms with van der Waals surface area (Å²) in [7, 11) is -0.392. The van der Waals surface area contributed by atoms with E-state index >= 15 is 0 Å². The fourth-order valence-corrected chi connectivity index (χ4v) is 3.54. The van der Waals surface area contributed by atoms with Crippen molar-refractivity contribution in [1.82, 2.24) is 10.6 Å². The summed E-state index contributed by atoms with van der Waals surface area (Å²) < 4.78 is 26.8. The van der Waals surface area contributed by atoms with Crippen LogP contribution in [0, 0.1) is 0 Å². The number of hydrogen-bond donors (Lipinski definition) is 2. The lowest BCUT2D eigenvalue weighted by atomic mass is 10.2. The summed E-state index contributed by atoms with van der Waals surface area (Å²) in [6.45, 7) is 1.33. The van der Waals surface area contributed by atoms with Crippen LogP contribution < -0.4 is 14.9 Å². The normalized spacial score (nSPS) is 10.7. The lowest BCUT2D eigenvalue weighted by Crippen LogP contribution is -2.28. The Morgan fingerprint density at radius 3 is 2.38 bits per heavy atom. The smallest absolute Gasteiger partial charge is 0.264 e. The summed E-state index contributed by atoms with van der Waals surface area (Å²) >= 11 is 0. The number of carbonyl (C=O) groups excluding carboxylic acids is 1. The number of hydrogen-bond acceptors (Lipinski definition) is 4. The molecule has 8 heteroatoms. The Balaban J connectivity index is 0.00000338. The standard InChI is InChI=1S/C18H23N3O3S.ClH/c1-19-12-7-13-20-18(22)15-8-6-11-17(14-15)25(23,24)21(2)16-9-4-3-5-10-16;/h3-6,8-11,14,19H,7,12-13H2,1-2H3,(H,20,22);1H. The first kappa shape index (κ1) is 22.0. The molecule has 0 atom stereocenters. The number of para-hydroxylation sites is 1. The highest BCUT2D eigenvalue weighted by atomic mass is 35.5. The zero-order valence-corrected chi connectivity index (χ0v) is 16.4. The van der Waals surface area contributed by atoms with Gasteiger partial charge in [0.25, 0.3) is 15.9 Å². The largest absolute Gasteiger partial charge is 0.352 e. The number of carbonyl (C=O) groups is 1. The molecule has 1 amide bonds. The molecule has 2 rings (SSSR count). The number of anilines is 1. The number of benzene rings is 2. The molecule has 0 aliphatic rings. The Labute approximate surface area is 161 Å². The molecule has 0 radical (unpaired) electrons. The van der Waals surface area contributed by atoms with Crippen LogP contribution in [0.4, 0.5) is 5.69 Å². The molecule has 142 valence electrons. The Morgan fingerprint density at radius 2 is 1.73 bits per heavy atom. The van der Waals surface area contributed by atoms with Crippen LogP contribution in [0.3, 0.4) is 0 Å². The zero-order chi connectivity index (χ0) is 18.3. The molecule has 0 aliphatic heterocycles. The fourth-order valence-electron chi connectivity index (χ4n) is 2.30. The van der Waals surface area contributed by atoms with E-state index in [9.17, 15) is 13.2 Å². The van der Waals surface area contributed by atoms with Crippen LogP contribution in [-0.4, -0.2) is 41.5 Å². The van der Waals surface area contributed by atoms with Crippen LogP contribution in [0.25, 0.3) is 0 Å². The summed E-state index contributed by atoms with van der Waals surface area (Å²) in [6.07, 6.45) is 0.803. The van der Waals surface area contributed by atoms with E-state index in [0.717, 1.165) is 13.0 Å². The minimum Gasteiger partial charge on any atom is -0.352 e. The van der Waals surface area contributed by atoms with Crippen LogP contribution >= 0.6 is 12.4 Å². The van der Waals surface area contributed by atoms with Crippen molar-refractivity contribution in [2.45, 2.75) is 11.3 Å². The fraction of sp³-hybridized carbons (Fsp3) is 0.278. The van der Waals surface area contributed by atoms with Gasteiger partial charge in [0.2, 0.25) is 0 Å². The van der Waals surface area contributed by atoms with E-state index in [-0.39, 0.29) is 23.2 Å². The van der Waals surface area contributed by atoms with Gasteiger partial charge in [-0.3, -0.25) is 9.10 Å². The second-order valence-corrected chi connectivity index (χ2v) is 7.52. The molecular weight excluding hydrogens is 374 g/mol. The minimum absolute atomic E-state index is 0. The minimum atomic E-state index is -3.73. The van der Waals surface area contributed by atoms with Crippen molar-refractivity contribution >= 4 is 34.0 Å². The van der Waals surface area contributed by atoms with Crippen LogP contribution in [0.5, 0.6) is 0 Å². The average Bonchev–Trinajstić information content (AvgIpc) is 2.65. The third kappa shape index (κ3) is 5.45. The molecule has 0 saturated carbocycles. The molecule has 0 aliphatic carbocycles. The van der Waals surface area contributed by atoms with Gasteiger partial charge in [-0.15, -0.1) is 12.4 Å². The molecule has 6 nitrogen and oxygen atoms in total. The predicted octanol–water partition coefficient (Wildman–Crippen LogP) is 2.27. The first-order chi connectivity index (χ1) is 12.0. The van der Waals surface area contributed by atoms with Gasteiger partial charge in [-0.25, -0.2) is 8.42 Å². The molecule has 0 fully saturated rings. The topological polar surface area (TPSA) is 78.5 Å². The highest BCUT2D eigenvalue weighted by Gasteiger charge is 2.22. The van der Waals surface area contributed by atoms with E-state index in [4.69, 9.17) is 0 Å². The molecule has 0 bridgehead atoms. The van der Waals surface area contributed by atoms with Crippen LogP contribution in [0.15, 0.2) is 59.5 Å². The van der Waals surface area contributed by atoms with Crippen molar-refractivity contribution in [3.05, 3.63) is 60.2 Å². The lowest BCUT2D eigenvalue weighted by molar-refractivity contribution is 0.0953. The van der Waals surface area contributed by atoms with Gasteiger partial charge in [-0.05, 0) is 50.3 Å². The Hall–Kier alpha value is -2.09. The van der Waals surface area contributed by atoms with Gasteiger partial charge >= 0.3 is 0 Å². The van der Waals surface area contributed by atoms with Gasteiger partial charge < -0.3 is 10.6 Å². The first-order valence-corrected chi connectivity index (χ1v) is 9.47. The number of sulfonamides is 1. The molecule has 0 aromatic heterocycles. The first-order valence-electron chi connectivity index (χ1n) is 8.03. The van der Waals surface area contributed by atoms with Crippen molar-refractivity contribution in [3.63, 3.8) is 0 Å². The van der Waals surface area contributed by atoms with E-state index in [1.54, 1.807) is 36.4 Å². The van der Waals surface area contributed by atoms with E-state index in [1.807, 2.05) is 13.1 Å². The third-order valence-corrected chi connectivity index (χ3v) is 5.55. The van der Waals surface area contributed by atoms with Gasteiger partial charge in [0.15, 0.2) is 0 Å². The van der Waals surface area contributed by atoms with Gasteiger partial charge in [-0.2, -0.15) is 0 Å². The molecule has 0 heterocycles. The molecule has 0 spiro atoms. The number of halogens is 1. The second-order valence-electron chi connectivity index (χ2n) is 5.55. The maximum absolute atomic E-state index is 12.8. The second kappa shape index (κ2) is 10.2. The van der Waals surface area contributed by atoms with Gasteiger partial charge in [0.1, 0.15) is 0 Å². The summed E-state index contributed by atoms with van der Waals surface area (Å²) in [5, 5.41) is 5.79. The maximum atomic E-state index is 12.8. The number of nitrogens with one attached hydrogen (secondary N) is 2. The molecule has 2 aromatic carbocycles. The Kier molecular flexibility index (Phi) is 8.57. The van der Waals surface area contributed by atoms with Crippen LogP contribution in [-0.2, 0) is 10.0 Å². The van der Waals surface area contributed by atoms with Gasteiger partial charge in [-0.1, -0.05) is 24.3 Å². The van der Waals surface area contributed by atoms with Crippen molar-refractivity contribution in [2.75, 3.05) is 31.5 Å².